The Morgan fingerprint density at radius 3 is 2.17 bits per heavy atom. The average molecular weight is 352 g/mol. The van der Waals surface area contributed by atoms with Crippen molar-refractivity contribution in [2.24, 2.45) is 5.73 Å². The molecule has 0 amide bonds. The van der Waals surface area contributed by atoms with Crippen LogP contribution >= 0.6 is 11.6 Å². The van der Waals surface area contributed by atoms with Crippen molar-refractivity contribution in [1.82, 2.24) is 0 Å². The van der Waals surface area contributed by atoms with Crippen molar-refractivity contribution in [2.45, 2.75) is 21.6 Å². The highest BCUT2D eigenvalue weighted by atomic mass is 35.5. The molecule has 0 saturated heterocycles. The number of aliphatic carboxylic acids is 1. The molecular formula is C16H14ClNO4S. The molecule has 0 aliphatic heterocycles. The van der Waals surface area contributed by atoms with E-state index < -0.39 is 32.5 Å². The minimum atomic E-state index is -3.90. The first-order chi connectivity index (χ1) is 10.8. The number of nitrogens with two attached hydrogens (primary N) is 1. The lowest BCUT2D eigenvalue weighted by Crippen LogP contribution is -2.39. The molecule has 0 bridgehead atoms. The molecule has 3 N–H and O–H groups in total. The smallest absolute Gasteiger partial charge is 0.325 e. The van der Waals surface area contributed by atoms with Crippen molar-refractivity contribution in [2.75, 3.05) is 0 Å². The predicted octanol–water partition coefficient (Wildman–Crippen LogP) is 2.06. The standard InChI is InChI=1S/C16H14ClNO4S/c17-11-6-8-12(9-7-11)23(21,22)14-13(16(14,18)15(19)20)10-4-2-1-3-5-10/h1-9,13-14H,18H2,(H,19,20)/t13-,14-,16+/m0/s1. The van der Waals surface area contributed by atoms with Crippen LogP contribution in [0.25, 0.3) is 0 Å². The summed E-state index contributed by atoms with van der Waals surface area (Å²) < 4.78 is 25.6. The Balaban J connectivity index is 2.07. The monoisotopic (exact) mass is 351 g/mol. The SMILES string of the molecule is N[C@]1(C(=O)O)[C@@H](c2ccccc2)[C@@H]1S(=O)(=O)c1ccc(Cl)cc1. The first-order valence-electron chi connectivity index (χ1n) is 6.86. The fourth-order valence-corrected chi connectivity index (χ4v) is 5.30. The molecule has 1 aliphatic rings. The number of carboxylic acid groups (broad SMARTS) is 1. The van der Waals surface area contributed by atoms with Crippen LogP contribution in [0.15, 0.2) is 59.5 Å². The van der Waals surface area contributed by atoms with Crippen molar-refractivity contribution >= 4 is 27.4 Å². The van der Waals surface area contributed by atoms with Crippen LogP contribution in [0.5, 0.6) is 0 Å². The zero-order valence-corrected chi connectivity index (χ0v) is 13.5. The summed E-state index contributed by atoms with van der Waals surface area (Å²) >= 11 is 5.77. The maximum Gasteiger partial charge on any atom is 0.325 e. The number of benzene rings is 2. The van der Waals surface area contributed by atoms with Crippen LogP contribution in [0.3, 0.4) is 0 Å². The lowest BCUT2D eigenvalue weighted by atomic mass is 10.1. The molecule has 0 spiro atoms. The average Bonchev–Trinajstić information content (AvgIpc) is 3.17. The molecule has 0 unspecified atom stereocenters. The Morgan fingerprint density at radius 2 is 1.65 bits per heavy atom. The summed E-state index contributed by atoms with van der Waals surface area (Å²) in [7, 11) is -3.90. The number of hydrogen-bond donors (Lipinski definition) is 2. The molecule has 0 radical (unpaired) electrons. The van der Waals surface area contributed by atoms with Gasteiger partial charge in [0.25, 0.3) is 0 Å². The van der Waals surface area contributed by atoms with Gasteiger partial charge >= 0.3 is 5.97 Å². The second-order valence-corrected chi connectivity index (χ2v) is 8.05. The maximum absolute atomic E-state index is 12.8. The molecule has 3 atom stereocenters. The van der Waals surface area contributed by atoms with Gasteiger partial charge in [-0.25, -0.2) is 8.42 Å². The van der Waals surface area contributed by atoms with E-state index in [9.17, 15) is 18.3 Å². The van der Waals surface area contributed by atoms with Crippen LogP contribution in [-0.4, -0.2) is 30.3 Å². The summed E-state index contributed by atoms with van der Waals surface area (Å²) in [5.74, 6) is -2.12. The highest BCUT2D eigenvalue weighted by Gasteiger charge is 2.74. The van der Waals surface area contributed by atoms with Crippen molar-refractivity contribution in [3.8, 4) is 0 Å². The quantitative estimate of drug-likeness (QED) is 0.878. The van der Waals surface area contributed by atoms with Gasteiger partial charge < -0.3 is 10.8 Å². The third kappa shape index (κ3) is 2.43. The third-order valence-corrected chi connectivity index (χ3v) is 6.70. The van der Waals surface area contributed by atoms with E-state index in [0.29, 0.717) is 10.6 Å². The van der Waals surface area contributed by atoms with Gasteiger partial charge in [0.2, 0.25) is 0 Å². The molecule has 7 heteroatoms. The number of carbonyl (C=O) groups is 1. The highest BCUT2D eigenvalue weighted by Crippen LogP contribution is 2.55. The minimum absolute atomic E-state index is 0.0152. The molecule has 0 aromatic heterocycles. The Bertz CT molecular complexity index is 851. The summed E-state index contributed by atoms with van der Waals surface area (Å²) in [5.41, 5.74) is 4.72. The lowest BCUT2D eigenvalue weighted by molar-refractivity contribution is -0.139. The van der Waals surface area contributed by atoms with Gasteiger partial charge in [-0.3, -0.25) is 4.79 Å². The van der Waals surface area contributed by atoms with Gasteiger partial charge in [-0.15, -0.1) is 0 Å². The molecular weight excluding hydrogens is 338 g/mol. The first-order valence-corrected chi connectivity index (χ1v) is 8.78. The van der Waals surface area contributed by atoms with E-state index in [1.54, 1.807) is 30.3 Å². The normalized spacial score (nSPS) is 26.7. The van der Waals surface area contributed by atoms with Crippen LogP contribution in [0, 0.1) is 0 Å². The molecule has 0 heterocycles. The van der Waals surface area contributed by atoms with Crippen molar-refractivity contribution in [3.63, 3.8) is 0 Å². The predicted molar refractivity (Wildman–Crippen MR) is 86.2 cm³/mol. The molecule has 2 aromatic rings. The Kier molecular flexibility index (Phi) is 3.71. The topological polar surface area (TPSA) is 97.5 Å². The Hall–Kier alpha value is -1.89. The van der Waals surface area contributed by atoms with Gasteiger partial charge in [0.15, 0.2) is 9.84 Å². The molecule has 3 rings (SSSR count). The molecule has 2 aromatic carbocycles. The second kappa shape index (κ2) is 5.33. The zero-order valence-electron chi connectivity index (χ0n) is 11.9. The zero-order chi connectivity index (χ0) is 16.8. The lowest BCUT2D eigenvalue weighted by Gasteiger charge is -2.06. The summed E-state index contributed by atoms with van der Waals surface area (Å²) in [5, 5.41) is 8.65. The van der Waals surface area contributed by atoms with Crippen LogP contribution in [-0.2, 0) is 14.6 Å². The van der Waals surface area contributed by atoms with E-state index in [1.807, 2.05) is 0 Å². The van der Waals surface area contributed by atoms with E-state index >= 15 is 0 Å². The van der Waals surface area contributed by atoms with Gasteiger partial charge in [0, 0.05) is 10.9 Å². The van der Waals surface area contributed by atoms with Gasteiger partial charge in [-0.2, -0.15) is 0 Å². The van der Waals surface area contributed by atoms with E-state index in [1.165, 1.54) is 24.3 Å². The van der Waals surface area contributed by atoms with Gasteiger partial charge in [0.1, 0.15) is 10.8 Å². The summed E-state index contributed by atoms with van der Waals surface area (Å²) in [6, 6.07) is 14.2. The second-order valence-electron chi connectivity index (χ2n) is 5.55. The fraction of sp³-hybridized carbons (Fsp3) is 0.188. The van der Waals surface area contributed by atoms with Crippen LogP contribution in [0.2, 0.25) is 5.02 Å². The Labute approximate surface area is 138 Å². The number of carboxylic acids is 1. The Morgan fingerprint density at radius 1 is 1.09 bits per heavy atom. The van der Waals surface area contributed by atoms with Crippen molar-refractivity contribution < 1.29 is 18.3 Å². The van der Waals surface area contributed by atoms with Gasteiger partial charge in [0.05, 0.1) is 4.90 Å². The molecule has 1 aliphatic carbocycles. The maximum atomic E-state index is 12.8. The summed E-state index contributed by atoms with van der Waals surface area (Å²) in [4.78, 5) is 11.6. The van der Waals surface area contributed by atoms with E-state index in [0.717, 1.165) is 0 Å². The van der Waals surface area contributed by atoms with Crippen molar-refractivity contribution in [3.05, 3.63) is 65.2 Å². The summed E-state index contributed by atoms with van der Waals surface area (Å²) in [6.07, 6.45) is 0. The van der Waals surface area contributed by atoms with E-state index in [4.69, 9.17) is 17.3 Å². The van der Waals surface area contributed by atoms with Crippen LogP contribution < -0.4 is 5.73 Å². The third-order valence-electron chi connectivity index (χ3n) is 4.18. The first kappa shape index (κ1) is 16.0. The van der Waals surface area contributed by atoms with Gasteiger partial charge in [-0.1, -0.05) is 41.9 Å². The molecule has 1 saturated carbocycles. The number of rotatable bonds is 4. The summed E-state index contributed by atoms with van der Waals surface area (Å²) in [6.45, 7) is 0. The van der Waals surface area contributed by atoms with E-state index in [-0.39, 0.29) is 4.90 Å². The largest absolute Gasteiger partial charge is 0.480 e. The molecule has 5 nitrogen and oxygen atoms in total. The fourth-order valence-electron chi connectivity index (χ4n) is 2.95. The number of hydrogen-bond acceptors (Lipinski definition) is 4. The molecule has 120 valence electrons. The highest BCUT2D eigenvalue weighted by molar-refractivity contribution is 7.92. The molecule has 23 heavy (non-hydrogen) atoms. The van der Waals surface area contributed by atoms with E-state index in [2.05, 4.69) is 0 Å². The molecule has 1 fully saturated rings. The van der Waals surface area contributed by atoms with Gasteiger partial charge in [-0.05, 0) is 29.8 Å². The number of halogens is 1. The minimum Gasteiger partial charge on any atom is -0.480 e. The van der Waals surface area contributed by atoms with Crippen molar-refractivity contribution in [1.29, 1.82) is 0 Å². The van der Waals surface area contributed by atoms with Crippen LogP contribution in [0.4, 0.5) is 0 Å². The van der Waals surface area contributed by atoms with Crippen LogP contribution in [0.1, 0.15) is 11.5 Å². The number of sulfone groups is 1.